The van der Waals surface area contributed by atoms with Gasteiger partial charge in [0.05, 0.1) is 0 Å². The van der Waals surface area contributed by atoms with E-state index >= 15 is 0 Å². The maximum atomic E-state index is 12.3. The Morgan fingerprint density at radius 1 is 1.27 bits per heavy atom. The average molecular weight is 158 g/mol. The summed E-state index contributed by atoms with van der Waals surface area (Å²) in [5.74, 6) is -1.02. The monoisotopic (exact) mass is 158 g/mol. The number of carbonyl (C=O) groups is 1. The molecule has 0 atom stereocenters. The van der Waals surface area contributed by atoms with Crippen molar-refractivity contribution in [3.8, 4) is 0 Å². The Kier molecular flexibility index (Phi) is 4.03. The van der Waals surface area contributed by atoms with Crippen LogP contribution >= 0.6 is 0 Å². The van der Waals surface area contributed by atoms with Gasteiger partial charge in [0.1, 0.15) is 18.4 Å². The van der Waals surface area contributed by atoms with Gasteiger partial charge in [0.15, 0.2) is 0 Å². The second kappa shape index (κ2) is 4.55. The lowest BCUT2D eigenvalue weighted by Gasteiger charge is -1.92. The summed E-state index contributed by atoms with van der Waals surface area (Å²) in [5, 5.41) is 0. The van der Waals surface area contributed by atoms with Crippen molar-refractivity contribution in [3.05, 3.63) is 35.4 Å². The molecule has 0 saturated carbocycles. The summed E-state index contributed by atoms with van der Waals surface area (Å²) >= 11 is 0. The van der Waals surface area contributed by atoms with Crippen molar-refractivity contribution in [1.29, 1.82) is 0 Å². The first-order chi connectivity index (χ1) is 5.20. The Bertz CT molecular complexity index is 236. The van der Waals surface area contributed by atoms with Crippen molar-refractivity contribution in [3.63, 3.8) is 0 Å². The number of carbonyl (C=O) groups excluding carboxylic acids is 1. The van der Waals surface area contributed by atoms with Crippen molar-refractivity contribution in [2.45, 2.75) is 6.92 Å². The first kappa shape index (κ1) is 9.75. The van der Waals surface area contributed by atoms with Crippen LogP contribution in [0, 0.1) is 18.6 Å². The van der Waals surface area contributed by atoms with E-state index in [2.05, 4.69) is 0 Å². The highest BCUT2D eigenvalue weighted by Gasteiger charge is 1.95. The molecule has 1 nitrogen and oxygen atoms in total. The van der Waals surface area contributed by atoms with E-state index in [1.807, 2.05) is 6.79 Å². The van der Waals surface area contributed by atoms with Crippen molar-refractivity contribution in [2.75, 3.05) is 0 Å². The van der Waals surface area contributed by atoms with Gasteiger partial charge in [0, 0.05) is 6.07 Å². The van der Waals surface area contributed by atoms with Crippen LogP contribution in [0.4, 0.5) is 8.78 Å². The van der Waals surface area contributed by atoms with Crippen LogP contribution in [0.1, 0.15) is 5.56 Å². The summed E-state index contributed by atoms with van der Waals surface area (Å²) in [6, 6.07) is 3.51. The molecular weight excluding hydrogens is 150 g/mol. The minimum absolute atomic E-state index is 0.469. The number of halogens is 2. The SMILES string of the molecule is C=O.Cc1ccc(F)cc1F. The number of rotatable bonds is 0. The summed E-state index contributed by atoms with van der Waals surface area (Å²) in [5.41, 5.74) is 0.469. The third kappa shape index (κ3) is 2.89. The quantitative estimate of drug-likeness (QED) is 0.565. The average Bonchev–Trinajstić information content (AvgIpc) is 2.02. The summed E-state index contributed by atoms with van der Waals surface area (Å²) < 4.78 is 24.4. The van der Waals surface area contributed by atoms with Gasteiger partial charge >= 0.3 is 0 Å². The highest BCUT2D eigenvalue weighted by Crippen LogP contribution is 2.06. The van der Waals surface area contributed by atoms with Crippen LogP contribution in [0.25, 0.3) is 0 Å². The van der Waals surface area contributed by atoms with Crippen LogP contribution in [0.2, 0.25) is 0 Å². The van der Waals surface area contributed by atoms with Crippen LogP contribution < -0.4 is 0 Å². The van der Waals surface area contributed by atoms with Gasteiger partial charge in [-0.2, -0.15) is 0 Å². The highest BCUT2D eigenvalue weighted by molar-refractivity contribution is 5.16. The number of benzene rings is 1. The molecule has 0 aromatic heterocycles. The zero-order valence-corrected chi connectivity index (χ0v) is 6.10. The number of hydrogen-bond acceptors (Lipinski definition) is 1. The molecule has 0 bridgehead atoms. The van der Waals surface area contributed by atoms with Crippen LogP contribution in [0.5, 0.6) is 0 Å². The molecule has 11 heavy (non-hydrogen) atoms. The van der Waals surface area contributed by atoms with Gasteiger partial charge in [0.2, 0.25) is 0 Å². The van der Waals surface area contributed by atoms with Crippen molar-refractivity contribution >= 4 is 6.79 Å². The van der Waals surface area contributed by atoms with E-state index < -0.39 is 11.6 Å². The maximum Gasteiger partial charge on any atom is 0.129 e. The molecule has 0 spiro atoms. The highest BCUT2D eigenvalue weighted by atomic mass is 19.1. The predicted octanol–water partition coefficient (Wildman–Crippen LogP) is 2.09. The first-order valence-electron chi connectivity index (χ1n) is 2.90. The molecule has 0 radical (unpaired) electrons. The van der Waals surface area contributed by atoms with Gasteiger partial charge in [-0.25, -0.2) is 8.78 Å². The van der Waals surface area contributed by atoms with E-state index in [0.717, 1.165) is 6.07 Å². The third-order valence-corrected chi connectivity index (χ3v) is 1.13. The summed E-state index contributed by atoms with van der Waals surface area (Å²) in [7, 11) is 0. The molecule has 60 valence electrons. The molecule has 1 aromatic rings. The fourth-order valence-corrected chi connectivity index (χ4v) is 0.567. The molecule has 0 aliphatic heterocycles. The Balaban J connectivity index is 0.000000461. The maximum absolute atomic E-state index is 12.3. The van der Waals surface area contributed by atoms with Crippen LogP contribution in [-0.2, 0) is 4.79 Å². The van der Waals surface area contributed by atoms with E-state index in [1.54, 1.807) is 6.92 Å². The minimum Gasteiger partial charge on any atom is -0.307 e. The zero-order chi connectivity index (χ0) is 8.85. The van der Waals surface area contributed by atoms with Crippen molar-refractivity contribution < 1.29 is 13.6 Å². The van der Waals surface area contributed by atoms with Gasteiger partial charge in [-0.05, 0) is 18.6 Å². The molecule has 0 heterocycles. The summed E-state index contributed by atoms with van der Waals surface area (Å²) in [6.45, 7) is 3.59. The van der Waals surface area contributed by atoms with Crippen LogP contribution in [0.3, 0.4) is 0 Å². The molecule has 0 unspecified atom stereocenters. The van der Waals surface area contributed by atoms with E-state index in [-0.39, 0.29) is 0 Å². The van der Waals surface area contributed by atoms with Gasteiger partial charge < -0.3 is 4.79 Å². The lowest BCUT2D eigenvalue weighted by molar-refractivity contribution is -0.0979. The Morgan fingerprint density at radius 3 is 2.18 bits per heavy atom. The van der Waals surface area contributed by atoms with Gasteiger partial charge in [-0.15, -0.1) is 0 Å². The smallest absolute Gasteiger partial charge is 0.129 e. The number of hydrogen-bond donors (Lipinski definition) is 0. The Hall–Kier alpha value is -1.25. The van der Waals surface area contributed by atoms with E-state index in [0.29, 0.717) is 5.56 Å². The van der Waals surface area contributed by atoms with Gasteiger partial charge in [-0.1, -0.05) is 6.07 Å². The molecular formula is C8H8F2O. The third-order valence-electron chi connectivity index (χ3n) is 1.13. The topological polar surface area (TPSA) is 17.1 Å². The summed E-state index contributed by atoms with van der Waals surface area (Å²) in [6.07, 6.45) is 0. The standard InChI is InChI=1S/C7H6F2.CH2O/c1-5-2-3-6(8)4-7(5)9;1-2/h2-4H,1H3;1H2. The molecule has 3 heteroatoms. The number of aryl methyl sites for hydroxylation is 1. The van der Waals surface area contributed by atoms with Crippen molar-refractivity contribution in [2.24, 2.45) is 0 Å². The molecule has 0 saturated heterocycles. The summed E-state index contributed by atoms with van der Waals surface area (Å²) in [4.78, 5) is 8.00. The molecule has 0 fully saturated rings. The van der Waals surface area contributed by atoms with Crippen molar-refractivity contribution in [1.82, 2.24) is 0 Å². The zero-order valence-electron chi connectivity index (χ0n) is 6.10. The van der Waals surface area contributed by atoms with Gasteiger partial charge in [-0.3, -0.25) is 0 Å². The molecule has 0 N–H and O–H groups in total. The van der Waals surface area contributed by atoms with E-state index in [1.165, 1.54) is 12.1 Å². The van der Waals surface area contributed by atoms with Gasteiger partial charge in [0.25, 0.3) is 0 Å². The second-order valence-electron chi connectivity index (χ2n) is 1.89. The minimum atomic E-state index is -0.530. The van der Waals surface area contributed by atoms with Crippen LogP contribution in [-0.4, -0.2) is 6.79 Å². The predicted molar refractivity (Wildman–Crippen MR) is 38.2 cm³/mol. The lowest BCUT2D eigenvalue weighted by Crippen LogP contribution is -1.81. The molecule has 1 rings (SSSR count). The lowest BCUT2D eigenvalue weighted by atomic mass is 10.2. The molecule has 0 amide bonds. The fourth-order valence-electron chi connectivity index (χ4n) is 0.567. The first-order valence-corrected chi connectivity index (χ1v) is 2.90. The van der Waals surface area contributed by atoms with E-state index in [9.17, 15) is 8.78 Å². The largest absolute Gasteiger partial charge is 0.307 e. The Morgan fingerprint density at radius 2 is 1.82 bits per heavy atom. The second-order valence-corrected chi connectivity index (χ2v) is 1.89. The Labute approximate surface area is 63.7 Å². The fraction of sp³-hybridized carbons (Fsp3) is 0.125. The normalized spacial score (nSPS) is 8.27. The molecule has 0 aliphatic carbocycles. The molecule has 1 aromatic carbocycles. The van der Waals surface area contributed by atoms with Crippen LogP contribution in [0.15, 0.2) is 18.2 Å². The van der Waals surface area contributed by atoms with E-state index in [4.69, 9.17) is 4.79 Å². The molecule has 0 aliphatic rings.